The Balaban J connectivity index is 3.22. The highest BCUT2D eigenvalue weighted by Gasteiger charge is 2.26. The SMILES string of the molecule is CCNC(=O)[C@H](C)NS(=O)(=O)c1c(C)cc(C(C)(C)C)cc1C. The molecule has 0 aliphatic heterocycles. The first-order chi connectivity index (χ1) is 10.4. The maximum atomic E-state index is 12.7. The van der Waals surface area contributed by atoms with Crippen LogP contribution in [0.4, 0.5) is 0 Å². The lowest BCUT2D eigenvalue weighted by molar-refractivity contribution is -0.122. The van der Waals surface area contributed by atoms with Gasteiger partial charge >= 0.3 is 0 Å². The van der Waals surface area contributed by atoms with Gasteiger partial charge in [-0.25, -0.2) is 8.42 Å². The summed E-state index contributed by atoms with van der Waals surface area (Å²) in [5.74, 6) is -0.335. The molecule has 0 aromatic heterocycles. The molecule has 0 heterocycles. The molecule has 0 saturated carbocycles. The van der Waals surface area contributed by atoms with Crippen molar-refractivity contribution in [1.82, 2.24) is 10.0 Å². The second kappa shape index (κ2) is 7.01. The van der Waals surface area contributed by atoms with Gasteiger partial charge in [-0.2, -0.15) is 4.72 Å². The van der Waals surface area contributed by atoms with E-state index in [9.17, 15) is 13.2 Å². The number of benzene rings is 1. The molecule has 6 heteroatoms. The highest BCUT2D eigenvalue weighted by molar-refractivity contribution is 7.89. The van der Waals surface area contributed by atoms with Crippen molar-refractivity contribution in [2.45, 2.75) is 64.8 Å². The van der Waals surface area contributed by atoms with E-state index in [4.69, 9.17) is 0 Å². The molecule has 0 radical (unpaired) electrons. The van der Waals surface area contributed by atoms with Gasteiger partial charge < -0.3 is 5.32 Å². The van der Waals surface area contributed by atoms with Gasteiger partial charge in [0.15, 0.2) is 0 Å². The van der Waals surface area contributed by atoms with Crippen LogP contribution in [0.3, 0.4) is 0 Å². The normalized spacial score (nSPS) is 13.7. The predicted molar refractivity (Wildman–Crippen MR) is 93.1 cm³/mol. The third kappa shape index (κ3) is 4.78. The molecule has 0 saturated heterocycles. The molecule has 2 N–H and O–H groups in total. The molecule has 1 aromatic rings. The average molecular weight is 340 g/mol. The van der Waals surface area contributed by atoms with Gasteiger partial charge in [-0.3, -0.25) is 4.79 Å². The summed E-state index contributed by atoms with van der Waals surface area (Å²) in [4.78, 5) is 12.0. The lowest BCUT2D eigenvalue weighted by Crippen LogP contribution is -2.44. The first-order valence-corrected chi connectivity index (χ1v) is 9.30. The fourth-order valence-electron chi connectivity index (χ4n) is 2.48. The minimum absolute atomic E-state index is 0.0560. The highest BCUT2D eigenvalue weighted by Crippen LogP contribution is 2.29. The van der Waals surface area contributed by atoms with Crippen LogP contribution < -0.4 is 10.0 Å². The Labute approximate surface area is 139 Å². The Morgan fingerprint density at radius 3 is 2.04 bits per heavy atom. The second-order valence-corrected chi connectivity index (χ2v) is 8.58. The Morgan fingerprint density at radius 1 is 1.17 bits per heavy atom. The highest BCUT2D eigenvalue weighted by atomic mass is 32.2. The summed E-state index contributed by atoms with van der Waals surface area (Å²) in [6, 6.07) is 2.98. The lowest BCUT2D eigenvalue weighted by Gasteiger charge is -2.23. The molecule has 0 aliphatic rings. The van der Waals surface area contributed by atoms with Gasteiger partial charge in [0.05, 0.1) is 10.9 Å². The zero-order chi connectivity index (χ0) is 18.0. The first kappa shape index (κ1) is 19.6. The summed E-state index contributed by atoms with van der Waals surface area (Å²) >= 11 is 0. The molecular formula is C17H28N2O3S. The summed E-state index contributed by atoms with van der Waals surface area (Å²) < 4.78 is 27.8. The molecule has 0 fully saturated rings. The second-order valence-electron chi connectivity index (χ2n) is 6.93. The van der Waals surface area contributed by atoms with Crippen LogP contribution in [0.2, 0.25) is 0 Å². The summed E-state index contributed by atoms with van der Waals surface area (Å²) in [6.07, 6.45) is 0. The van der Waals surface area contributed by atoms with E-state index in [-0.39, 0.29) is 16.2 Å². The summed E-state index contributed by atoms with van der Waals surface area (Å²) in [7, 11) is -3.76. The van der Waals surface area contributed by atoms with Crippen LogP contribution >= 0.6 is 0 Å². The zero-order valence-electron chi connectivity index (χ0n) is 15.1. The van der Waals surface area contributed by atoms with Gasteiger partial charge in [0.25, 0.3) is 0 Å². The van der Waals surface area contributed by atoms with Crippen molar-refractivity contribution >= 4 is 15.9 Å². The Morgan fingerprint density at radius 2 is 1.65 bits per heavy atom. The van der Waals surface area contributed by atoms with Gasteiger partial charge in [0.2, 0.25) is 15.9 Å². The van der Waals surface area contributed by atoms with Crippen LogP contribution in [0, 0.1) is 13.8 Å². The molecule has 1 rings (SSSR count). The van der Waals surface area contributed by atoms with E-state index in [0.717, 1.165) is 5.56 Å². The third-order valence-corrected chi connectivity index (χ3v) is 5.52. The molecule has 130 valence electrons. The monoisotopic (exact) mass is 340 g/mol. The van der Waals surface area contributed by atoms with Crippen molar-refractivity contribution in [3.63, 3.8) is 0 Å². The van der Waals surface area contributed by atoms with Crippen LogP contribution in [-0.4, -0.2) is 26.9 Å². The number of hydrogen-bond donors (Lipinski definition) is 2. The maximum Gasteiger partial charge on any atom is 0.241 e. The predicted octanol–water partition coefficient (Wildman–Crippen LogP) is 2.40. The number of nitrogens with one attached hydrogen (secondary N) is 2. The molecule has 23 heavy (non-hydrogen) atoms. The number of likely N-dealkylation sites (N-methyl/N-ethyl adjacent to an activating group) is 1. The smallest absolute Gasteiger partial charge is 0.241 e. The fraction of sp³-hybridized carbons (Fsp3) is 0.588. The van der Waals surface area contributed by atoms with E-state index in [0.29, 0.717) is 17.7 Å². The van der Waals surface area contributed by atoms with Crippen molar-refractivity contribution in [3.05, 3.63) is 28.8 Å². The Hall–Kier alpha value is -1.40. The van der Waals surface area contributed by atoms with E-state index < -0.39 is 16.1 Å². The number of carbonyl (C=O) groups excluding carboxylic acids is 1. The summed E-state index contributed by atoms with van der Waals surface area (Å²) in [5.41, 5.74) is 2.40. The number of rotatable bonds is 5. The van der Waals surface area contributed by atoms with Crippen molar-refractivity contribution < 1.29 is 13.2 Å². The van der Waals surface area contributed by atoms with Gasteiger partial charge in [0.1, 0.15) is 0 Å². The zero-order valence-corrected chi connectivity index (χ0v) is 15.9. The molecule has 0 spiro atoms. The summed E-state index contributed by atoms with van der Waals surface area (Å²) in [6.45, 7) is 13.6. The van der Waals surface area contributed by atoms with Crippen molar-refractivity contribution in [1.29, 1.82) is 0 Å². The quantitative estimate of drug-likeness (QED) is 0.864. The molecule has 1 aromatic carbocycles. The average Bonchev–Trinajstić information content (AvgIpc) is 2.35. The number of aryl methyl sites for hydroxylation is 2. The van der Waals surface area contributed by atoms with Gasteiger partial charge in [0, 0.05) is 6.54 Å². The van der Waals surface area contributed by atoms with Crippen LogP contribution in [0.15, 0.2) is 17.0 Å². The molecular weight excluding hydrogens is 312 g/mol. The van der Waals surface area contributed by atoms with Crippen LogP contribution in [0.25, 0.3) is 0 Å². The van der Waals surface area contributed by atoms with Crippen LogP contribution in [0.5, 0.6) is 0 Å². The molecule has 0 bridgehead atoms. The Bertz CT molecular complexity index is 665. The topological polar surface area (TPSA) is 75.3 Å². The summed E-state index contributed by atoms with van der Waals surface area (Å²) in [5, 5.41) is 2.61. The van der Waals surface area contributed by atoms with Crippen molar-refractivity contribution in [3.8, 4) is 0 Å². The molecule has 1 atom stereocenters. The minimum Gasteiger partial charge on any atom is -0.355 e. The van der Waals surface area contributed by atoms with E-state index in [2.05, 4.69) is 30.8 Å². The lowest BCUT2D eigenvalue weighted by atomic mass is 9.85. The van der Waals surface area contributed by atoms with E-state index in [1.165, 1.54) is 6.92 Å². The van der Waals surface area contributed by atoms with Crippen molar-refractivity contribution in [2.75, 3.05) is 6.54 Å². The standard InChI is InChI=1S/C17H28N2O3S/c1-8-18-16(20)13(4)19-23(21,22)15-11(2)9-14(10-12(15)3)17(5,6)7/h9-10,13,19H,8H2,1-7H3,(H,18,20)/t13-/m0/s1. The van der Waals surface area contributed by atoms with Gasteiger partial charge in [-0.15, -0.1) is 0 Å². The molecule has 0 aliphatic carbocycles. The van der Waals surface area contributed by atoms with E-state index in [1.807, 2.05) is 12.1 Å². The van der Waals surface area contributed by atoms with Crippen molar-refractivity contribution in [2.24, 2.45) is 0 Å². The minimum atomic E-state index is -3.76. The number of hydrogen-bond acceptors (Lipinski definition) is 3. The Kier molecular flexibility index (Phi) is 5.99. The molecule has 1 amide bonds. The number of amides is 1. The third-order valence-electron chi connectivity index (χ3n) is 3.67. The molecule has 0 unspecified atom stereocenters. The van der Waals surface area contributed by atoms with Crippen LogP contribution in [0.1, 0.15) is 51.3 Å². The largest absolute Gasteiger partial charge is 0.355 e. The maximum absolute atomic E-state index is 12.7. The number of carbonyl (C=O) groups is 1. The fourth-order valence-corrected chi connectivity index (χ4v) is 4.14. The van der Waals surface area contributed by atoms with E-state index in [1.54, 1.807) is 20.8 Å². The van der Waals surface area contributed by atoms with E-state index >= 15 is 0 Å². The molecule has 5 nitrogen and oxygen atoms in total. The van der Waals surface area contributed by atoms with Gasteiger partial charge in [-0.1, -0.05) is 32.9 Å². The number of sulfonamides is 1. The van der Waals surface area contributed by atoms with Crippen LogP contribution in [-0.2, 0) is 20.2 Å². The first-order valence-electron chi connectivity index (χ1n) is 7.82. The van der Waals surface area contributed by atoms with Gasteiger partial charge in [-0.05, 0) is 49.8 Å².